The van der Waals surface area contributed by atoms with Crippen LogP contribution in [0.2, 0.25) is 5.02 Å². The standard InChI is InChI=1S/C10H11ClO2S/c1-7(10(12)13)14-6-8-4-2-3-5-9(8)11/h2-5,7H,6H2,1H3,(H,12,13). The second-order valence-corrected chi connectivity index (χ2v) is 4.62. The summed E-state index contributed by atoms with van der Waals surface area (Å²) in [5, 5.41) is 8.97. The maximum absolute atomic E-state index is 10.6. The number of thioether (sulfide) groups is 1. The minimum atomic E-state index is -0.790. The average Bonchev–Trinajstić information content (AvgIpc) is 2.16. The molecule has 1 aromatic carbocycles. The molecule has 14 heavy (non-hydrogen) atoms. The summed E-state index contributed by atoms with van der Waals surface area (Å²) in [5.74, 6) is -0.158. The molecule has 2 nitrogen and oxygen atoms in total. The van der Waals surface area contributed by atoms with Crippen molar-refractivity contribution in [3.05, 3.63) is 34.9 Å². The molecule has 1 unspecified atom stereocenters. The molecule has 76 valence electrons. The Kier molecular flexibility index (Phi) is 4.29. The molecular weight excluding hydrogens is 220 g/mol. The summed E-state index contributed by atoms with van der Waals surface area (Å²) in [6.07, 6.45) is 0. The van der Waals surface area contributed by atoms with Gasteiger partial charge in [0.25, 0.3) is 0 Å². The van der Waals surface area contributed by atoms with E-state index in [0.29, 0.717) is 10.8 Å². The first kappa shape index (κ1) is 11.4. The molecule has 0 saturated heterocycles. The Morgan fingerprint density at radius 2 is 2.21 bits per heavy atom. The minimum absolute atomic E-state index is 0.397. The molecule has 0 spiro atoms. The van der Waals surface area contributed by atoms with Crippen LogP contribution < -0.4 is 0 Å². The highest BCUT2D eigenvalue weighted by atomic mass is 35.5. The van der Waals surface area contributed by atoms with Crippen LogP contribution in [0.25, 0.3) is 0 Å². The normalized spacial score (nSPS) is 12.4. The zero-order chi connectivity index (χ0) is 10.6. The predicted octanol–water partition coefficient (Wildman–Crippen LogP) is 3.05. The summed E-state index contributed by atoms with van der Waals surface area (Å²) in [7, 11) is 0. The molecule has 0 radical (unpaired) electrons. The maximum atomic E-state index is 10.6. The van der Waals surface area contributed by atoms with Crippen LogP contribution in [0.15, 0.2) is 24.3 Å². The molecule has 4 heteroatoms. The molecule has 0 aliphatic heterocycles. The minimum Gasteiger partial charge on any atom is -0.480 e. The van der Waals surface area contributed by atoms with Gasteiger partial charge in [-0.1, -0.05) is 29.8 Å². The zero-order valence-corrected chi connectivity index (χ0v) is 9.31. The number of benzene rings is 1. The summed E-state index contributed by atoms with van der Waals surface area (Å²) < 4.78 is 0. The number of carboxylic acid groups (broad SMARTS) is 1. The summed E-state index contributed by atoms with van der Waals surface area (Å²) in [6, 6.07) is 7.47. The lowest BCUT2D eigenvalue weighted by Crippen LogP contribution is -2.11. The fourth-order valence-corrected chi connectivity index (χ4v) is 2.01. The number of hydrogen-bond donors (Lipinski definition) is 1. The van der Waals surface area contributed by atoms with Crippen molar-refractivity contribution >= 4 is 29.3 Å². The lowest BCUT2D eigenvalue weighted by Gasteiger charge is -2.06. The molecule has 0 heterocycles. The van der Waals surface area contributed by atoms with Gasteiger partial charge in [0.2, 0.25) is 0 Å². The predicted molar refractivity (Wildman–Crippen MR) is 59.8 cm³/mol. The first-order chi connectivity index (χ1) is 6.61. The monoisotopic (exact) mass is 230 g/mol. The first-order valence-corrected chi connectivity index (χ1v) is 5.61. The highest BCUT2D eigenvalue weighted by Crippen LogP contribution is 2.23. The van der Waals surface area contributed by atoms with Gasteiger partial charge in [-0.05, 0) is 18.6 Å². The van der Waals surface area contributed by atoms with E-state index in [1.807, 2.05) is 24.3 Å². The third kappa shape index (κ3) is 3.24. The number of halogens is 1. The van der Waals surface area contributed by atoms with Gasteiger partial charge >= 0.3 is 5.97 Å². The second-order valence-electron chi connectivity index (χ2n) is 2.88. The van der Waals surface area contributed by atoms with Crippen LogP contribution in [0.4, 0.5) is 0 Å². The van der Waals surface area contributed by atoms with Crippen molar-refractivity contribution in [3.63, 3.8) is 0 Å². The molecule has 1 aromatic rings. The van der Waals surface area contributed by atoms with Crippen LogP contribution in [0.3, 0.4) is 0 Å². The van der Waals surface area contributed by atoms with Crippen LogP contribution in [0.5, 0.6) is 0 Å². The Hall–Kier alpha value is -0.670. The fourth-order valence-electron chi connectivity index (χ4n) is 0.902. The number of hydrogen-bond acceptors (Lipinski definition) is 2. The van der Waals surface area contributed by atoms with E-state index in [0.717, 1.165) is 5.56 Å². The lowest BCUT2D eigenvalue weighted by molar-refractivity contribution is -0.136. The molecule has 1 atom stereocenters. The smallest absolute Gasteiger partial charge is 0.316 e. The van der Waals surface area contributed by atoms with Crippen LogP contribution in [-0.4, -0.2) is 16.3 Å². The number of rotatable bonds is 4. The van der Waals surface area contributed by atoms with Crippen molar-refractivity contribution < 1.29 is 9.90 Å². The van der Waals surface area contributed by atoms with Crippen LogP contribution in [0, 0.1) is 0 Å². The number of carboxylic acids is 1. The molecule has 0 aliphatic carbocycles. The van der Waals surface area contributed by atoms with Crippen molar-refractivity contribution in [2.24, 2.45) is 0 Å². The molecule has 1 rings (SSSR count). The van der Waals surface area contributed by atoms with Gasteiger partial charge in [-0.15, -0.1) is 11.8 Å². The fraction of sp³-hybridized carbons (Fsp3) is 0.300. The van der Waals surface area contributed by atoms with Gasteiger partial charge in [0, 0.05) is 10.8 Å². The van der Waals surface area contributed by atoms with Gasteiger partial charge in [0.1, 0.15) is 0 Å². The van der Waals surface area contributed by atoms with Gasteiger partial charge in [0.15, 0.2) is 0 Å². The van der Waals surface area contributed by atoms with Gasteiger partial charge in [0.05, 0.1) is 5.25 Å². The Balaban J connectivity index is 2.54. The van der Waals surface area contributed by atoms with E-state index in [2.05, 4.69) is 0 Å². The van der Waals surface area contributed by atoms with E-state index in [9.17, 15) is 4.79 Å². The van der Waals surface area contributed by atoms with E-state index < -0.39 is 11.2 Å². The van der Waals surface area contributed by atoms with E-state index in [4.69, 9.17) is 16.7 Å². The summed E-state index contributed by atoms with van der Waals surface area (Å²) in [6.45, 7) is 1.67. The Bertz CT molecular complexity index is 328. The van der Waals surface area contributed by atoms with E-state index >= 15 is 0 Å². The van der Waals surface area contributed by atoms with Gasteiger partial charge in [-0.2, -0.15) is 0 Å². The third-order valence-electron chi connectivity index (χ3n) is 1.79. The number of aliphatic carboxylic acids is 1. The molecule has 0 aliphatic rings. The molecule has 0 aromatic heterocycles. The first-order valence-electron chi connectivity index (χ1n) is 4.19. The molecule has 0 amide bonds. The van der Waals surface area contributed by atoms with Crippen molar-refractivity contribution in [3.8, 4) is 0 Å². The van der Waals surface area contributed by atoms with Gasteiger partial charge in [-0.3, -0.25) is 4.79 Å². The Morgan fingerprint density at radius 1 is 1.57 bits per heavy atom. The quantitative estimate of drug-likeness (QED) is 0.864. The van der Waals surface area contributed by atoms with Crippen LogP contribution in [0.1, 0.15) is 12.5 Å². The van der Waals surface area contributed by atoms with E-state index in [-0.39, 0.29) is 0 Å². The van der Waals surface area contributed by atoms with Crippen molar-refractivity contribution in [2.75, 3.05) is 0 Å². The van der Waals surface area contributed by atoms with E-state index in [1.165, 1.54) is 11.8 Å². The zero-order valence-electron chi connectivity index (χ0n) is 7.74. The SMILES string of the molecule is CC(SCc1ccccc1Cl)C(=O)O. The highest BCUT2D eigenvalue weighted by molar-refractivity contribution is 7.99. The van der Waals surface area contributed by atoms with Gasteiger partial charge < -0.3 is 5.11 Å². The van der Waals surface area contributed by atoms with Crippen molar-refractivity contribution in [1.82, 2.24) is 0 Å². The van der Waals surface area contributed by atoms with Gasteiger partial charge in [-0.25, -0.2) is 0 Å². The highest BCUT2D eigenvalue weighted by Gasteiger charge is 2.11. The largest absolute Gasteiger partial charge is 0.480 e. The average molecular weight is 231 g/mol. The van der Waals surface area contributed by atoms with E-state index in [1.54, 1.807) is 6.92 Å². The second kappa shape index (κ2) is 5.27. The van der Waals surface area contributed by atoms with Crippen molar-refractivity contribution in [1.29, 1.82) is 0 Å². The Labute approximate surface area is 92.3 Å². The number of carbonyl (C=O) groups is 1. The summed E-state index contributed by atoms with van der Waals surface area (Å²) >= 11 is 7.29. The molecular formula is C10H11ClO2S. The molecule has 0 bridgehead atoms. The lowest BCUT2D eigenvalue weighted by atomic mass is 10.2. The molecule has 1 N–H and O–H groups in total. The Morgan fingerprint density at radius 3 is 2.79 bits per heavy atom. The van der Waals surface area contributed by atoms with Crippen LogP contribution >= 0.6 is 23.4 Å². The van der Waals surface area contributed by atoms with Crippen LogP contribution in [-0.2, 0) is 10.5 Å². The molecule has 0 saturated carbocycles. The third-order valence-corrected chi connectivity index (χ3v) is 3.34. The van der Waals surface area contributed by atoms with Crippen molar-refractivity contribution in [2.45, 2.75) is 17.9 Å². The topological polar surface area (TPSA) is 37.3 Å². The summed E-state index contributed by atoms with van der Waals surface area (Å²) in [4.78, 5) is 10.6. The summed E-state index contributed by atoms with van der Waals surface area (Å²) in [5.41, 5.74) is 0.979. The maximum Gasteiger partial charge on any atom is 0.316 e. The molecule has 0 fully saturated rings.